The third kappa shape index (κ3) is 6.89. The average molecular weight is 671 g/mol. The molecule has 6 unspecified atom stereocenters. The number of piperazine rings is 1. The minimum Gasteiger partial charge on any atom is -0.348 e. The molecule has 49 heavy (non-hydrogen) atoms. The van der Waals surface area contributed by atoms with E-state index in [1.165, 1.54) is 54.9 Å². The second-order valence-electron chi connectivity index (χ2n) is 16.2. The zero-order valence-corrected chi connectivity index (χ0v) is 30.0. The summed E-state index contributed by atoms with van der Waals surface area (Å²) >= 11 is 0. The van der Waals surface area contributed by atoms with Gasteiger partial charge in [0.1, 0.15) is 0 Å². The van der Waals surface area contributed by atoms with Crippen molar-refractivity contribution in [3.63, 3.8) is 0 Å². The number of fused-ring (bicyclic) bond motifs is 2. The molecule has 3 heterocycles. The van der Waals surface area contributed by atoms with Gasteiger partial charge in [-0.15, -0.1) is 0 Å². The third-order valence-electron chi connectivity index (χ3n) is 13.3. The van der Waals surface area contributed by atoms with Gasteiger partial charge < -0.3 is 14.5 Å². The maximum absolute atomic E-state index is 15.1. The summed E-state index contributed by atoms with van der Waals surface area (Å²) in [6, 6.07) is 9.39. The number of likely N-dealkylation sites (N-methyl/N-ethyl adjacent to an activating group) is 1. The number of rotatable bonds is 7. The fraction of sp³-hybridized carbons (Fsp3) is 0.725. The van der Waals surface area contributed by atoms with Crippen LogP contribution in [0, 0.1) is 29.6 Å². The molecular formula is C40H58N6O3. The van der Waals surface area contributed by atoms with E-state index in [9.17, 15) is 10.1 Å². The Balaban J connectivity index is 1.24. The molecule has 9 nitrogen and oxygen atoms in total. The number of ether oxygens (including phenoxy) is 1. The topological polar surface area (TPSA) is 92.2 Å². The van der Waals surface area contributed by atoms with Crippen LogP contribution in [0.4, 0.5) is 0 Å². The van der Waals surface area contributed by atoms with Gasteiger partial charge in [-0.2, -0.15) is 5.26 Å². The van der Waals surface area contributed by atoms with Gasteiger partial charge in [0, 0.05) is 43.1 Å². The van der Waals surface area contributed by atoms with Crippen LogP contribution in [0.3, 0.4) is 0 Å². The molecule has 1 aromatic carbocycles. The highest BCUT2D eigenvalue weighted by atomic mass is 16.5. The molecule has 3 aliphatic heterocycles. The minimum atomic E-state index is -0.358. The second kappa shape index (κ2) is 14.9. The molecule has 9 heteroatoms. The molecule has 0 bridgehead atoms. The molecule has 0 aromatic heterocycles. The lowest BCUT2D eigenvalue weighted by Gasteiger charge is -2.60. The van der Waals surface area contributed by atoms with E-state index in [4.69, 9.17) is 4.74 Å². The number of carbonyl (C=O) groups is 2. The Labute approximate surface area is 294 Å². The number of benzene rings is 1. The maximum atomic E-state index is 15.1. The molecule has 1 spiro atoms. The van der Waals surface area contributed by atoms with Crippen LogP contribution < -0.4 is 5.32 Å². The number of likely N-dealkylation sites (tertiary alicyclic amines) is 1. The molecule has 1 N–H and O–H groups in total. The summed E-state index contributed by atoms with van der Waals surface area (Å²) in [6.45, 7) is 9.54. The molecular weight excluding hydrogens is 612 g/mol. The Hall–Kier alpha value is -2.61. The van der Waals surface area contributed by atoms with Crippen LogP contribution in [0.2, 0.25) is 0 Å². The van der Waals surface area contributed by atoms with E-state index in [2.05, 4.69) is 64.8 Å². The number of nitrogens with zero attached hydrogens (tertiary/aromatic N) is 5. The van der Waals surface area contributed by atoms with Gasteiger partial charge in [0.05, 0.1) is 37.3 Å². The number of hydrogen-bond acceptors (Lipinski definition) is 8. The Morgan fingerprint density at radius 3 is 2.61 bits per heavy atom. The standard InChI is InChI=1S/C40H58N6O3/c1-4-35(47)45-23-22-44(26-32(45)17-20-41)38-34-16-19-40(18-15-29-24-28(2)13-14-30(29)25-40)37(48)36(34)42-39(49-27-33-12-9-21-43(33)3)46(38)31-10-7-5-6-8-11-31/h4,13-14,24,31-34,36,38-39,42H,1,5-12,15-19,21-23,25-27H2,2-3H3/t32?,33?,34?,36?,38?,39?,40-/m1/s1. The third-order valence-corrected chi connectivity index (χ3v) is 13.3. The van der Waals surface area contributed by atoms with Gasteiger partial charge in [0.15, 0.2) is 12.1 Å². The lowest BCUT2D eigenvalue weighted by atomic mass is 9.58. The number of ketones is 1. The van der Waals surface area contributed by atoms with E-state index in [0.29, 0.717) is 44.1 Å². The lowest BCUT2D eigenvalue weighted by molar-refractivity contribution is -0.216. The van der Waals surface area contributed by atoms with Crippen LogP contribution in [0.1, 0.15) is 93.7 Å². The normalized spacial score (nSPS) is 35.0. The Morgan fingerprint density at radius 2 is 1.88 bits per heavy atom. The van der Waals surface area contributed by atoms with E-state index in [1.54, 1.807) is 0 Å². The highest BCUT2D eigenvalue weighted by Gasteiger charge is 2.58. The summed E-state index contributed by atoms with van der Waals surface area (Å²) in [5.74, 6) is 0.383. The Kier molecular flexibility index (Phi) is 10.6. The van der Waals surface area contributed by atoms with Crippen LogP contribution in [0.5, 0.6) is 0 Å². The molecule has 1 amide bonds. The highest BCUT2D eigenvalue weighted by Crippen LogP contribution is 2.49. The molecule has 3 saturated heterocycles. The van der Waals surface area contributed by atoms with Gasteiger partial charge in [-0.25, -0.2) is 4.90 Å². The summed E-state index contributed by atoms with van der Waals surface area (Å²) in [7, 11) is 2.20. The van der Waals surface area contributed by atoms with E-state index in [-0.39, 0.29) is 48.3 Å². The molecule has 6 aliphatic rings. The number of hydrogen-bond donors (Lipinski definition) is 1. The highest BCUT2D eigenvalue weighted by molar-refractivity contribution is 5.91. The number of nitriles is 1. The number of carbonyl (C=O) groups excluding carboxylic acids is 2. The van der Waals surface area contributed by atoms with Crippen molar-refractivity contribution in [3.05, 3.63) is 47.5 Å². The number of Topliss-reactive ketones (excluding diaryl/α,β-unsaturated/α-hetero) is 1. The minimum absolute atomic E-state index is 0.00246. The summed E-state index contributed by atoms with van der Waals surface area (Å²) in [5, 5.41) is 13.8. The van der Waals surface area contributed by atoms with Crippen molar-refractivity contribution in [2.24, 2.45) is 11.3 Å². The van der Waals surface area contributed by atoms with Crippen LogP contribution in [0.25, 0.3) is 0 Å². The Bertz CT molecular complexity index is 1420. The zero-order chi connectivity index (χ0) is 34.1. The van der Waals surface area contributed by atoms with Crippen molar-refractivity contribution in [1.29, 1.82) is 5.26 Å². The fourth-order valence-electron chi connectivity index (χ4n) is 10.5. The SMILES string of the molecule is C=CC(=O)N1CCN(C2C3CC[C@@]4(CCc5cc(C)ccc5C4)C(=O)C3NC(OCC3CCCN3C)N2C2CCCCCC2)CC1CC#N. The average Bonchev–Trinajstić information content (AvgIpc) is 3.34. The van der Waals surface area contributed by atoms with Crippen molar-refractivity contribution in [2.75, 3.05) is 39.8 Å². The molecule has 0 radical (unpaired) electrons. The quantitative estimate of drug-likeness (QED) is 0.328. The maximum Gasteiger partial charge on any atom is 0.246 e. The monoisotopic (exact) mass is 670 g/mol. The van der Waals surface area contributed by atoms with E-state index in [0.717, 1.165) is 57.9 Å². The van der Waals surface area contributed by atoms with Crippen molar-refractivity contribution in [1.82, 2.24) is 24.9 Å². The molecule has 7 atom stereocenters. The fourth-order valence-corrected chi connectivity index (χ4v) is 10.5. The first-order valence-electron chi connectivity index (χ1n) is 19.3. The molecule has 5 fully saturated rings. The van der Waals surface area contributed by atoms with Gasteiger partial charge in [0.25, 0.3) is 0 Å². The predicted molar refractivity (Wildman–Crippen MR) is 190 cm³/mol. The molecule has 3 aliphatic carbocycles. The summed E-state index contributed by atoms with van der Waals surface area (Å²) < 4.78 is 7.02. The van der Waals surface area contributed by atoms with E-state index in [1.807, 2.05) is 4.90 Å². The van der Waals surface area contributed by atoms with E-state index < -0.39 is 0 Å². The Morgan fingerprint density at radius 1 is 1.06 bits per heavy atom. The van der Waals surface area contributed by atoms with Crippen molar-refractivity contribution < 1.29 is 14.3 Å². The molecule has 7 rings (SSSR count). The number of aryl methyl sites for hydroxylation is 2. The van der Waals surface area contributed by atoms with Crippen molar-refractivity contribution in [2.45, 2.75) is 134 Å². The first-order valence-corrected chi connectivity index (χ1v) is 19.3. The lowest BCUT2D eigenvalue weighted by Crippen LogP contribution is -2.77. The van der Waals surface area contributed by atoms with Gasteiger partial charge >= 0.3 is 0 Å². The largest absolute Gasteiger partial charge is 0.348 e. The van der Waals surface area contributed by atoms with Gasteiger partial charge in [-0.1, -0.05) is 56.0 Å². The number of nitrogens with one attached hydrogen (secondary N) is 1. The summed E-state index contributed by atoms with van der Waals surface area (Å²) in [6.07, 6.45) is 15.4. The van der Waals surface area contributed by atoms with Crippen molar-refractivity contribution in [3.8, 4) is 6.07 Å². The van der Waals surface area contributed by atoms with Crippen LogP contribution in [-0.4, -0.2) is 108 Å². The molecule has 2 saturated carbocycles. The summed E-state index contributed by atoms with van der Waals surface area (Å²) in [5.41, 5.74) is 3.69. The van der Waals surface area contributed by atoms with Crippen LogP contribution in [-0.2, 0) is 27.2 Å². The predicted octanol–water partition coefficient (Wildman–Crippen LogP) is 4.78. The smallest absolute Gasteiger partial charge is 0.246 e. The van der Waals surface area contributed by atoms with Gasteiger partial charge in [-0.3, -0.25) is 19.8 Å². The van der Waals surface area contributed by atoms with Crippen LogP contribution >= 0.6 is 0 Å². The zero-order valence-electron chi connectivity index (χ0n) is 30.0. The van der Waals surface area contributed by atoms with Crippen LogP contribution in [0.15, 0.2) is 30.9 Å². The molecule has 1 aromatic rings. The summed E-state index contributed by atoms with van der Waals surface area (Å²) in [4.78, 5) is 37.5. The van der Waals surface area contributed by atoms with E-state index >= 15 is 4.79 Å². The number of amides is 1. The van der Waals surface area contributed by atoms with Gasteiger partial charge in [-0.05, 0) is 95.5 Å². The first-order chi connectivity index (χ1) is 23.8. The first kappa shape index (κ1) is 34.8. The molecule has 266 valence electrons. The second-order valence-corrected chi connectivity index (χ2v) is 16.2. The van der Waals surface area contributed by atoms with Gasteiger partial charge in [0.2, 0.25) is 5.91 Å². The van der Waals surface area contributed by atoms with Crippen molar-refractivity contribution >= 4 is 11.7 Å².